The van der Waals surface area contributed by atoms with Crippen molar-refractivity contribution in [1.82, 2.24) is 16.0 Å². The van der Waals surface area contributed by atoms with Gasteiger partial charge in [0.1, 0.15) is 17.6 Å². The van der Waals surface area contributed by atoms with Gasteiger partial charge in [-0.15, -0.1) is 0 Å². The number of carbonyl (C=O) groups is 2. The molecule has 3 N–H and O–H groups in total. The lowest BCUT2D eigenvalue weighted by molar-refractivity contribution is -0.175. The lowest BCUT2D eigenvalue weighted by Crippen LogP contribution is -2.53. The first-order valence-electron chi connectivity index (χ1n) is 12.0. The van der Waals surface area contributed by atoms with E-state index in [4.69, 9.17) is 14.0 Å². The monoisotopic (exact) mass is 530 g/mol. The van der Waals surface area contributed by atoms with Gasteiger partial charge in [-0.05, 0) is 45.2 Å². The molecule has 2 heterocycles. The average Bonchev–Trinajstić information content (AvgIpc) is 3.36. The van der Waals surface area contributed by atoms with Crippen LogP contribution in [0, 0.1) is 11.2 Å². The largest absolute Gasteiger partial charge is 0.488 e. The van der Waals surface area contributed by atoms with Gasteiger partial charge >= 0.3 is 19.8 Å². The van der Waals surface area contributed by atoms with Crippen LogP contribution in [0.1, 0.15) is 70.9 Å². The number of nitrogens with one attached hydrogen (secondary N) is 3. The summed E-state index contributed by atoms with van der Waals surface area (Å²) >= 11 is 0. The first kappa shape index (κ1) is 29.3. The van der Waals surface area contributed by atoms with Crippen LogP contribution in [0.4, 0.5) is 17.6 Å². The van der Waals surface area contributed by atoms with Crippen molar-refractivity contribution in [2.75, 3.05) is 19.8 Å². The number of ether oxygens (including phenoxy) is 1. The van der Waals surface area contributed by atoms with Crippen LogP contribution < -0.4 is 16.0 Å². The maximum Gasteiger partial charge on any atom is 0.488 e. The Kier molecular flexibility index (Phi) is 8.62. The van der Waals surface area contributed by atoms with Crippen molar-refractivity contribution in [3.05, 3.63) is 35.1 Å². The number of amides is 2. The third kappa shape index (κ3) is 7.01. The smallest absolute Gasteiger partial charge is 0.413 e. The minimum Gasteiger partial charge on any atom is -0.413 e. The molecule has 3 fully saturated rings. The Morgan fingerprint density at radius 3 is 2.32 bits per heavy atom. The van der Waals surface area contributed by atoms with E-state index in [2.05, 4.69) is 38.3 Å². The van der Waals surface area contributed by atoms with Crippen LogP contribution in [0.5, 0.6) is 0 Å². The molecule has 3 aliphatic rings. The quantitative estimate of drug-likeness (QED) is 0.400. The van der Waals surface area contributed by atoms with E-state index in [-0.39, 0.29) is 29.4 Å². The van der Waals surface area contributed by atoms with E-state index in [0.29, 0.717) is 18.7 Å². The van der Waals surface area contributed by atoms with Gasteiger partial charge in [-0.25, -0.2) is 4.39 Å². The van der Waals surface area contributed by atoms with Crippen LogP contribution in [0.2, 0.25) is 0 Å². The van der Waals surface area contributed by atoms with E-state index in [1.165, 1.54) is 26.7 Å². The molecule has 0 spiro atoms. The third-order valence-electron chi connectivity index (χ3n) is 7.14. The molecule has 2 aliphatic heterocycles. The maximum absolute atomic E-state index is 14.4. The number of alkyl halides is 3. The summed E-state index contributed by atoms with van der Waals surface area (Å²) in [4.78, 5) is 23.4. The molecule has 8 nitrogen and oxygen atoms in total. The molecule has 2 atom stereocenters. The molecular formula is C24H33BF4N3O5. The van der Waals surface area contributed by atoms with Gasteiger partial charge in [0, 0.05) is 24.1 Å². The second-order valence-corrected chi connectivity index (χ2v) is 10.6. The second-order valence-electron chi connectivity index (χ2n) is 10.6. The Labute approximate surface area is 214 Å². The number of halogens is 4. The van der Waals surface area contributed by atoms with Gasteiger partial charge in [0.2, 0.25) is 5.91 Å². The minimum absolute atomic E-state index is 0.0967. The summed E-state index contributed by atoms with van der Waals surface area (Å²) < 4.78 is 67.5. The van der Waals surface area contributed by atoms with Gasteiger partial charge in [-0.2, -0.15) is 13.2 Å². The first-order valence-corrected chi connectivity index (χ1v) is 12.0. The summed E-state index contributed by atoms with van der Waals surface area (Å²) in [5.74, 6) is -3.50. The highest BCUT2D eigenvalue weighted by molar-refractivity contribution is 6.18. The molecular weight excluding hydrogens is 497 g/mol. The number of benzene rings is 1. The Bertz CT molecular complexity index is 979. The van der Waals surface area contributed by atoms with E-state index in [0.717, 1.165) is 6.61 Å². The molecule has 205 valence electrons. The van der Waals surface area contributed by atoms with Crippen LogP contribution in [-0.2, 0) is 23.6 Å². The lowest BCUT2D eigenvalue weighted by atomic mass is 9.76. The van der Waals surface area contributed by atoms with Crippen molar-refractivity contribution >= 4 is 19.5 Å². The standard InChI is InChI=1S/C17H19F4N3O3.C7H14BO2/c1-9(11-3-2-10(8-12(11)18)13-22-6-7-27-13)23-14(25)16(4-5-16)24-15(26)17(19,20)21;1-6(2)5-9-8-10-7(6,3)4/h2-3,8-9,13,22H,4-7H2,1H3,(H,23,25)(H,24,26);5H2,1-4H3/t9-,13?;/m1./s1. The Morgan fingerprint density at radius 2 is 1.86 bits per heavy atom. The number of hydrogen-bond acceptors (Lipinski definition) is 6. The molecule has 1 aromatic carbocycles. The molecule has 1 aromatic rings. The van der Waals surface area contributed by atoms with Crippen LogP contribution in [0.25, 0.3) is 0 Å². The fourth-order valence-corrected chi connectivity index (χ4v) is 3.66. The third-order valence-corrected chi connectivity index (χ3v) is 7.14. The van der Waals surface area contributed by atoms with Crippen molar-refractivity contribution in [2.45, 2.75) is 77.0 Å². The van der Waals surface area contributed by atoms with Gasteiger partial charge in [0.25, 0.3) is 0 Å². The average molecular weight is 530 g/mol. The topological polar surface area (TPSA) is 97.9 Å². The summed E-state index contributed by atoms with van der Waals surface area (Å²) in [6.07, 6.45) is -5.27. The molecule has 2 amide bonds. The van der Waals surface area contributed by atoms with E-state index in [1.54, 1.807) is 11.4 Å². The molecule has 1 aliphatic carbocycles. The van der Waals surface area contributed by atoms with Gasteiger partial charge < -0.3 is 24.7 Å². The summed E-state index contributed by atoms with van der Waals surface area (Å²) in [5.41, 5.74) is -0.808. The second kappa shape index (κ2) is 10.9. The molecule has 13 heteroatoms. The molecule has 0 bridgehead atoms. The Balaban J connectivity index is 0.000000319. The zero-order chi connectivity index (χ0) is 27.6. The Morgan fingerprint density at radius 1 is 1.19 bits per heavy atom. The van der Waals surface area contributed by atoms with Gasteiger partial charge in [0.15, 0.2) is 0 Å². The summed E-state index contributed by atoms with van der Waals surface area (Å²) in [6, 6.07) is 3.65. The Hall–Kier alpha value is -2.22. The minimum atomic E-state index is -5.07. The normalized spacial score (nSPS) is 24.1. The van der Waals surface area contributed by atoms with Crippen molar-refractivity contribution in [1.29, 1.82) is 0 Å². The van der Waals surface area contributed by atoms with Gasteiger partial charge in [0.05, 0.1) is 18.2 Å². The van der Waals surface area contributed by atoms with Crippen LogP contribution in [0.3, 0.4) is 0 Å². The zero-order valence-electron chi connectivity index (χ0n) is 21.6. The summed E-state index contributed by atoms with van der Waals surface area (Å²) in [6.45, 7) is 11.9. The fraction of sp³-hybridized carbons (Fsp3) is 0.667. The maximum atomic E-state index is 14.4. The molecule has 37 heavy (non-hydrogen) atoms. The number of hydrogen-bond donors (Lipinski definition) is 3. The van der Waals surface area contributed by atoms with E-state index in [1.807, 2.05) is 0 Å². The van der Waals surface area contributed by atoms with Crippen LogP contribution in [0.15, 0.2) is 18.2 Å². The SMILES string of the molecule is CC1(C)CO[B]OC1(C)C.C[C@@H](NC(=O)C1(NC(=O)C(F)(F)F)CC1)c1ccc(C2NCCO2)cc1F. The van der Waals surface area contributed by atoms with Crippen LogP contribution in [-0.4, -0.2) is 56.6 Å². The van der Waals surface area contributed by atoms with Crippen molar-refractivity contribution < 1.29 is 41.2 Å². The highest BCUT2D eigenvalue weighted by Crippen LogP contribution is 2.38. The van der Waals surface area contributed by atoms with Crippen LogP contribution >= 0.6 is 0 Å². The molecule has 2 saturated heterocycles. The number of carbonyl (C=O) groups excluding carboxylic acids is 2. The summed E-state index contributed by atoms with van der Waals surface area (Å²) in [5, 5.41) is 7.26. The van der Waals surface area contributed by atoms with E-state index < -0.39 is 41.6 Å². The van der Waals surface area contributed by atoms with E-state index in [9.17, 15) is 27.2 Å². The first-order chi connectivity index (χ1) is 17.1. The molecule has 0 aromatic heterocycles. The fourth-order valence-electron chi connectivity index (χ4n) is 3.66. The van der Waals surface area contributed by atoms with Crippen molar-refractivity contribution in [3.63, 3.8) is 0 Å². The highest BCUT2D eigenvalue weighted by Gasteiger charge is 2.55. The van der Waals surface area contributed by atoms with Gasteiger partial charge in [-0.1, -0.05) is 26.0 Å². The predicted molar refractivity (Wildman–Crippen MR) is 126 cm³/mol. The molecule has 1 radical (unpaired) electrons. The zero-order valence-corrected chi connectivity index (χ0v) is 21.6. The highest BCUT2D eigenvalue weighted by atomic mass is 19.4. The van der Waals surface area contributed by atoms with Gasteiger partial charge in [-0.3, -0.25) is 14.9 Å². The lowest BCUT2D eigenvalue weighted by Gasteiger charge is -2.44. The van der Waals surface area contributed by atoms with Crippen molar-refractivity contribution in [3.8, 4) is 0 Å². The predicted octanol–water partition coefficient (Wildman–Crippen LogP) is 3.20. The number of rotatable bonds is 5. The molecule has 1 unspecified atom stereocenters. The summed E-state index contributed by atoms with van der Waals surface area (Å²) in [7, 11) is 1.44. The molecule has 1 saturated carbocycles. The van der Waals surface area contributed by atoms with Crippen molar-refractivity contribution in [2.24, 2.45) is 5.41 Å². The van der Waals surface area contributed by atoms with E-state index >= 15 is 0 Å². The molecule has 4 rings (SSSR count).